The van der Waals surface area contributed by atoms with Gasteiger partial charge in [-0.3, -0.25) is 9.59 Å². The molecule has 0 saturated heterocycles. The first-order chi connectivity index (χ1) is 18.0. The smallest absolute Gasteiger partial charge is 0.308 e. The zero-order valence-corrected chi connectivity index (χ0v) is 22.0. The molecule has 1 aliphatic heterocycles. The number of aromatic nitrogens is 2. The van der Waals surface area contributed by atoms with Crippen molar-refractivity contribution in [3.05, 3.63) is 59.4 Å². The van der Waals surface area contributed by atoms with E-state index >= 15 is 0 Å². The highest BCUT2D eigenvalue weighted by Gasteiger charge is 2.29. The number of allylic oxidation sites excluding steroid dienone is 3. The molecule has 1 fully saturated rings. The van der Waals surface area contributed by atoms with Crippen LogP contribution in [0, 0.1) is 5.92 Å². The minimum Gasteiger partial charge on any atom is -0.493 e. The zero-order valence-electron chi connectivity index (χ0n) is 22.0. The summed E-state index contributed by atoms with van der Waals surface area (Å²) in [4.78, 5) is 25.4. The molecule has 0 atom stereocenters. The normalized spacial score (nSPS) is 21.4. The molecule has 1 aromatic carbocycles. The monoisotopic (exact) mass is 507 g/mol. The maximum absolute atomic E-state index is 13.2. The number of carbonyl (C=O) groups excluding carboxylic acids is 2. The van der Waals surface area contributed by atoms with E-state index in [4.69, 9.17) is 19.3 Å². The number of carbonyl (C=O) groups is 2. The molecule has 8 nitrogen and oxygen atoms in total. The Labute approximate surface area is 218 Å². The van der Waals surface area contributed by atoms with Crippen LogP contribution in [0.3, 0.4) is 0 Å². The van der Waals surface area contributed by atoms with Crippen molar-refractivity contribution in [1.82, 2.24) is 15.1 Å². The number of aryl methyl sites for hydroxylation is 1. The van der Waals surface area contributed by atoms with Crippen molar-refractivity contribution < 1.29 is 23.8 Å². The SMILES string of the molecule is CCCCOC(=O)[C@H]1CC[C@H](NC(=O)c2cc3n(n2)/C(c2ccc(OC)c(OC)c2)=C\C=C/CC3)CC1. The van der Waals surface area contributed by atoms with Crippen LogP contribution in [0.5, 0.6) is 11.5 Å². The highest BCUT2D eigenvalue weighted by atomic mass is 16.5. The Kier molecular flexibility index (Phi) is 9.04. The molecular formula is C29H37N3O5. The molecule has 1 amide bonds. The number of hydrogen-bond acceptors (Lipinski definition) is 6. The Morgan fingerprint density at radius 3 is 2.59 bits per heavy atom. The lowest BCUT2D eigenvalue weighted by molar-refractivity contribution is -0.149. The second-order valence-corrected chi connectivity index (χ2v) is 9.56. The molecule has 4 rings (SSSR count). The number of methoxy groups -OCH3 is 2. The molecule has 2 aromatic rings. The Bertz CT molecular complexity index is 1160. The third-order valence-corrected chi connectivity index (χ3v) is 7.02. The fraction of sp³-hybridized carbons (Fsp3) is 0.483. The Balaban J connectivity index is 1.45. The van der Waals surface area contributed by atoms with Gasteiger partial charge in [0.2, 0.25) is 0 Å². The number of nitrogens with zero attached hydrogens (tertiary/aromatic N) is 2. The third kappa shape index (κ3) is 6.42. The van der Waals surface area contributed by atoms with Crippen molar-refractivity contribution in [3.8, 4) is 11.5 Å². The Morgan fingerprint density at radius 2 is 1.86 bits per heavy atom. The van der Waals surface area contributed by atoms with Crippen molar-refractivity contribution in [1.29, 1.82) is 0 Å². The average Bonchev–Trinajstić information content (AvgIpc) is 3.32. The first kappa shape index (κ1) is 26.5. The molecule has 2 aliphatic rings. The van der Waals surface area contributed by atoms with Gasteiger partial charge < -0.3 is 19.5 Å². The second kappa shape index (κ2) is 12.6. The summed E-state index contributed by atoms with van der Waals surface area (Å²) < 4.78 is 18.1. The fourth-order valence-electron chi connectivity index (χ4n) is 4.86. The summed E-state index contributed by atoms with van der Waals surface area (Å²) in [5, 5.41) is 7.85. The van der Waals surface area contributed by atoms with Gasteiger partial charge in [-0.05, 0) is 75.3 Å². The number of esters is 1. The quantitative estimate of drug-likeness (QED) is 0.383. The van der Waals surface area contributed by atoms with Crippen LogP contribution >= 0.6 is 0 Å². The van der Waals surface area contributed by atoms with Crippen molar-refractivity contribution >= 4 is 17.6 Å². The maximum Gasteiger partial charge on any atom is 0.308 e. The van der Waals surface area contributed by atoms with Gasteiger partial charge in [0.25, 0.3) is 5.91 Å². The summed E-state index contributed by atoms with van der Waals surface area (Å²) in [5.41, 5.74) is 3.12. The van der Waals surface area contributed by atoms with Crippen LogP contribution in [0.1, 0.15) is 73.6 Å². The summed E-state index contributed by atoms with van der Waals surface area (Å²) in [6, 6.07) is 7.64. The molecule has 0 spiro atoms. The number of hydrogen-bond donors (Lipinski definition) is 1. The van der Waals surface area contributed by atoms with Crippen LogP contribution in [0.4, 0.5) is 0 Å². The molecule has 198 valence electrons. The van der Waals surface area contributed by atoms with E-state index < -0.39 is 0 Å². The number of unbranched alkanes of at least 4 members (excludes halogenated alkanes) is 1. The van der Waals surface area contributed by atoms with Gasteiger partial charge in [0, 0.05) is 17.3 Å². The van der Waals surface area contributed by atoms with E-state index in [1.165, 1.54) is 0 Å². The first-order valence-electron chi connectivity index (χ1n) is 13.2. The fourth-order valence-corrected chi connectivity index (χ4v) is 4.86. The number of benzene rings is 1. The molecule has 1 aliphatic carbocycles. The summed E-state index contributed by atoms with van der Waals surface area (Å²) in [7, 11) is 3.22. The van der Waals surface area contributed by atoms with E-state index in [0.717, 1.165) is 68.3 Å². The molecule has 37 heavy (non-hydrogen) atoms. The van der Waals surface area contributed by atoms with Crippen molar-refractivity contribution in [2.24, 2.45) is 5.92 Å². The largest absolute Gasteiger partial charge is 0.493 e. The molecular weight excluding hydrogens is 470 g/mol. The predicted molar refractivity (Wildman–Crippen MR) is 142 cm³/mol. The van der Waals surface area contributed by atoms with Gasteiger partial charge in [0.15, 0.2) is 17.2 Å². The number of rotatable bonds is 9. The Hall–Kier alpha value is -3.55. The zero-order chi connectivity index (χ0) is 26.2. The van der Waals surface area contributed by atoms with Gasteiger partial charge in [-0.15, -0.1) is 0 Å². The van der Waals surface area contributed by atoms with Crippen LogP contribution in [0.15, 0.2) is 42.5 Å². The van der Waals surface area contributed by atoms with Crippen molar-refractivity contribution in [2.45, 2.75) is 64.3 Å². The molecule has 2 heterocycles. The van der Waals surface area contributed by atoms with E-state index in [2.05, 4.69) is 18.3 Å². The standard InChI is InChI=1S/C29H37N3O5/c1-4-5-17-37-29(34)20-11-14-22(15-12-20)30-28(33)24-19-23-9-7-6-8-10-25(32(23)31-24)21-13-16-26(35-2)27(18-21)36-3/h6,8,10,13,16,18-20,22H,4-5,7,9,11-12,14-15,17H2,1-3H3,(H,30,33)/b8-6-,25-10-/t20-,22-. The van der Waals surface area contributed by atoms with E-state index in [-0.39, 0.29) is 23.8 Å². The van der Waals surface area contributed by atoms with Crippen LogP contribution in [0.2, 0.25) is 0 Å². The van der Waals surface area contributed by atoms with Crippen LogP contribution in [-0.4, -0.2) is 48.5 Å². The Morgan fingerprint density at radius 1 is 1.08 bits per heavy atom. The van der Waals surface area contributed by atoms with Crippen LogP contribution < -0.4 is 14.8 Å². The highest BCUT2D eigenvalue weighted by Crippen LogP contribution is 2.32. The minimum absolute atomic E-state index is 0.0269. The number of nitrogens with one attached hydrogen (secondary N) is 1. The molecule has 8 heteroatoms. The molecule has 1 saturated carbocycles. The van der Waals surface area contributed by atoms with Gasteiger partial charge in [-0.25, -0.2) is 4.68 Å². The third-order valence-electron chi connectivity index (χ3n) is 7.02. The lowest BCUT2D eigenvalue weighted by atomic mass is 9.86. The van der Waals surface area contributed by atoms with Crippen molar-refractivity contribution in [3.63, 3.8) is 0 Å². The molecule has 0 unspecified atom stereocenters. The summed E-state index contributed by atoms with van der Waals surface area (Å²) in [5.74, 6) is 0.920. The van der Waals surface area contributed by atoms with Gasteiger partial charge in [-0.2, -0.15) is 5.10 Å². The van der Waals surface area contributed by atoms with E-state index in [0.29, 0.717) is 23.8 Å². The van der Waals surface area contributed by atoms with Crippen LogP contribution in [0.25, 0.3) is 5.70 Å². The minimum atomic E-state index is -0.187. The van der Waals surface area contributed by atoms with E-state index in [9.17, 15) is 9.59 Å². The molecule has 0 bridgehead atoms. The molecule has 1 N–H and O–H groups in total. The predicted octanol–water partition coefficient (Wildman–Crippen LogP) is 4.92. The highest BCUT2D eigenvalue weighted by molar-refractivity contribution is 5.93. The number of ether oxygens (including phenoxy) is 3. The summed E-state index contributed by atoms with van der Waals surface area (Å²) in [6.07, 6.45) is 12.6. The van der Waals surface area contributed by atoms with Gasteiger partial charge in [-0.1, -0.05) is 25.5 Å². The first-order valence-corrected chi connectivity index (χ1v) is 13.2. The molecule has 1 aromatic heterocycles. The summed E-state index contributed by atoms with van der Waals surface area (Å²) in [6.45, 7) is 2.57. The van der Waals surface area contributed by atoms with Crippen molar-refractivity contribution in [2.75, 3.05) is 20.8 Å². The van der Waals surface area contributed by atoms with E-state index in [1.54, 1.807) is 14.2 Å². The maximum atomic E-state index is 13.2. The second-order valence-electron chi connectivity index (χ2n) is 9.56. The lowest BCUT2D eigenvalue weighted by Gasteiger charge is -2.27. The number of amides is 1. The lowest BCUT2D eigenvalue weighted by Crippen LogP contribution is -2.39. The van der Waals surface area contributed by atoms with E-state index in [1.807, 2.05) is 41.1 Å². The topological polar surface area (TPSA) is 91.7 Å². The van der Waals surface area contributed by atoms with Crippen LogP contribution in [-0.2, 0) is 16.0 Å². The van der Waals surface area contributed by atoms with Gasteiger partial charge in [0.05, 0.1) is 32.4 Å². The molecule has 0 radical (unpaired) electrons. The number of fused-ring (bicyclic) bond motifs is 1. The van der Waals surface area contributed by atoms with Gasteiger partial charge >= 0.3 is 5.97 Å². The average molecular weight is 508 g/mol. The summed E-state index contributed by atoms with van der Waals surface area (Å²) >= 11 is 0. The van der Waals surface area contributed by atoms with Gasteiger partial charge in [0.1, 0.15) is 0 Å².